The highest BCUT2D eigenvalue weighted by atomic mass is 127. The van der Waals surface area contributed by atoms with Gasteiger partial charge < -0.3 is 4.74 Å². The minimum Gasteiger partial charge on any atom is -0.376 e. The number of benzene rings is 3. The van der Waals surface area contributed by atoms with Crippen LogP contribution in [0.1, 0.15) is 18.4 Å². The Balaban J connectivity index is 1.45. The molecule has 2 aromatic heterocycles. The summed E-state index contributed by atoms with van der Waals surface area (Å²) in [4.78, 5) is 4.97. The fourth-order valence-electron chi connectivity index (χ4n) is 4.64. The van der Waals surface area contributed by atoms with E-state index >= 15 is 0 Å². The maximum Gasteiger partial charge on any atom is 0.191 e. The minimum atomic E-state index is 0.179. The Morgan fingerprint density at radius 1 is 0.944 bits per heavy atom. The second-order valence-electron chi connectivity index (χ2n) is 8.91. The summed E-state index contributed by atoms with van der Waals surface area (Å²) in [5.74, 6) is 1.71. The number of thioether (sulfide) groups is 1. The lowest BCUT2D eigenvalue weighted by Crippen LogP contribution is -2.16. The normalized spacial score (nSPS) is 15.5. The van der Waals surface area contributed by atoms with Gasteiger partial charge in [-0.1, -0.05) is 72.4 Å². The molecule has 1 aliphatic heterocycles. The molecule has 3 aromatic carbocycles. The van der Waals surface area contributed by atoms with E-state index in [1.807, 2.05) is 24.3 Å². The highest BCUT2D eigenvalue weighted by Gasteiger charge is 2.23. The molecule has 1 saturated heterocycles. The van der Waals surface area contributed by atoms with Gasteiger partial charge in [-0.2, -0.15) is 0 Å². The lowest BCUT2D eigenvalue weighted by molar-refractivity contribution is 0.0953. The van der Waals surface area contributed by atoms with Crippen molar-refractivity contribution in [2.24, 2.45) is 0 Å². The van der Waals surface area contributed by atoms with Crippen molar-refractivity contribution < 1.29 is 4.74 Å². The van der Waals surface area contributed by atoms with Gasteiger partial charge in [0.05, 0.1) is 23.9 Å². The molecule has 0 aliphatic carbocycles. The molecule has 0 bridgehead atoms. The average molecular weight is 605 g/mol. The average Bonchev–Trinajstić information content (AvgIpc) is 3.58. The number of aromatic nitrogens is 4. The van der Waals surface area contributed by atoms with E-state index in [4.69, 9.17) is 14.8 Å². The molecule has 36 heavy (non-hydrogen) atoms. The van der Waals surface area contributed by atoms with Gasteiger partial charge in [0.25, 0.3) is 0 Å². The molecule has 3 heterocycles. The molecule has 0 amide bonds. The highest BCUT2D eigenvalue weighted by Crippen LogP contribution is 2.34. The summed E-state index contributed by atoms with van der Waals surface area (Å²) >= 11 is 4.09. The Morgan fingerprint density at radius 3 is 2.64 bits per heavy atom. The first-order chi connectivity index (χ1) is 17.7. The van der Waals surface area contributed by atoms with Gasteiger partial charge >= 0.3 is 0 Å². The third-order valence-electron chi connectivity index (χ3n) is 6.41. The van der Waals surface area contributed by atoms with Crippen molar-refractivity contribution in [3.8, 4) is 22.6 Å². The zero-order chi connectivity index (χ0) is 24.3. The molecule has 5 aromatic rings. The van der Waals surface area contributed by atoms with Gasteiger partial charge in [-0.05, 0) is 65.3 Å². The largest absolute Gasteiger partial charge is 0.376 e. The molecule has 180 valence electrons. The quantitative estimate of drug-likeness (QED) is 0.145. The summed E-state index contributed by atoms with van der Waals surface area (Å²) in [7, 11) is 0. The predicted octanol–water partition coefficient (Wildman–Crippen LogP) is 7.24. The monoisotopic (exact) mass is 604 g/mol. The molecule has 0 radical (unpaired) electrons. The highest BCUT2D eigenvalue weighted by molar-refractivity contribution is 14.1. The number of hydrogen-bond donors (Lipinski definition) is 0. The van der Waals surface area contributed by atoms with Crippen molar-refractivity contribution in [2.45, 2.75) is 36.4 Å². The summed E-state index contributed by atoms with van der Waals surface area (Å²) in [6, 6.07) is 29.4. The van der Waals surface area contributed by atoms with Crippen LogP contribution in [-0.4, -0.2) is 32.5 Å². The first-order valence-electron chi connectivity index (χ1n) is 12.1. The second-order valence-corrected chi connectivity index (χ2v) is 11.1. The van der Waals surface area contributed by atoms with Gasteiger partial charge in [0.2, 0.25) is 0 Å². The van der Waals surface area contributed by atoms with Crippen LogP contribution in [0.4, 0.5) is 0 Å². The molecular weight excluding hydrogens is 579 g/mol. The molecular formula is C29H25IN4OS. The van der Waals surface area contributed by atoms with E-state index in [2.05, 4.69) is 92.9 Å². The van der Waals surface area contributed by atoms with Crippen molar-refractivity contribution in [3.63, 3.8) is 0 Å². The van der Waals surface area contributed by atoms with Crippen LogP contribution >= 0.6 is 34.4 Å². The molecule has 1 fully saturated rings. The summed E-state index contributed by atoms with van der Waals surface area (Å²) in [5.41, 5.74) is 5.30. The van der Waals surface area contributed by atoms with E-state index in [9.17, 15) is 0 Å². The third kappa shape index (κ3) is 5.05. The Hall–Kier alpha value is -2.75. The summed E-state index contributed by atoms with van der Waals surface area (Å²) < 4.78 is 9.53. The topological polar surface area (TPSA) is 52.8 Å². The molecule has 0 spiro atoms. The van der Waals surface area contributed by atoms with Crippen molar-refractivity contribution in [1.82, 2.24) is 19.7 Å². The van der Waals surface area contributed by atoms with Gasteiger partial charge in [-0.3, -0.25) is 4.57 Å². The number of rotatable bonds is 7. The SMILES string of the molecule is Ic1cccc(CSc2nnc(-c3cc(-c4ccccc4)nc4ccccc34)n2CC2CCCO2)c1. The Labute approximate surface area is 228 Å². The summed E-state index contributed by atoms with van der Waals surface area (Å²) in [6.45, 7) is 1.57. The zero-order valence-corrected chi connectivity index (χ0v) is 22.7. The van der Waals surface area contributed by atoms with E-state index < -0.39 is 0 Å². The summed E-state index contributed by atoms with van der Waals surface area (Å²) in [6.07, 6.45) is 2.34. The van der Waals surface area contributed by atoms with Crippen LogP contribution in [0, 0.1) is 3.57 Å². The Morgan fingerprint density at radius 2 is 1.81 bits per heavy atom. The van der Waals surface area contributed by atoms with E-state index in [0.717, 1.165) is 70.5 Å². The molecule has 7 heteroatoms. The van der Waals surface area contributed by atoms with E-state index in [0.29, 0.717) is 0 Å². The number of ether oxygens (including phenoxy) is 1. The van der Waals surface area contributed by atoms with Gasteiger partial charge in [0.15, 0.2) is 11.0 Å². The fraction of sp³-hybridized carbons (Fsp3) is 0.207. The van der Waals surface area contributed by atoms with Crippen LogP contribution in [0.15, 0.2) is 90.1 Å². The van der Waals surface area contributed by atoms with Gasteiger partial charge in [0, 0.05) is 32.4 Å². The van der Waals surface area contributed by atoms with E-state index in [-0.39, 0.29) is 6.10 Å². The van der Waals surface area contributed by atoms with Gasteiger partial charge in [0.1, 0.15) is 0 Å². The third-order valence-corrected chi connectivity index (χ3v) is 8.12. The summed E-state index contributed by atoms with van der Waals surface area (Å²) in [5, 5.41) is 11.4. The predicted molar refractivity (Wildman–Crippen MR) is 154 cm³/mol. The molecule has 1 unspecified atom stereocenters. The van der Waals surface area contributed by atoms with Gasteiger partial charge in [-0.15, -0.1) is 10.2 Å². The maximum absolute atomic E-state index is 6.03. The van der Waals surface area contributed by atoms with Crippen LogP contribution in [0.3, 0.4) is 0 Å². The molecule has 5 nitrogen and oxygen atoms in total. The minimum absolute atomic E-state index is 0.179. The van der Waals surface area contributed by atoms with E-state index in [1.165, 1.54) is 9.13 Å². The number of nitrogens with zero attached hydrogens (tertiary/aromatic N) is 4. The Kier molecular flexibility index (Phi) is 7.03. The molecule has 6 rings (SSSR count). The zero-order valence-electron chi connectivity index (χ0n) is 19.7. The van der Waals surface area contributed by atoms with E-state index in [1.54, 1.807) is 11.8 Å². The molecule has 1 aliphatic rings. The molecule has 0 saturated carbocycles. The van der Waals surface area contributed by atoms with Crippen molar-refractivity contribution in [1.29, 1.82) is 0 Å². The van der Waals surface area contributed by atoms with Crippen LogP contribution in [-0.2, 0) is 17.0 Å². The number of hydrogen-bond acceptors (Lipinski definition) is 5. The van der Waals surface area contributed by atoms with Crippen molar-refractivity contribution in [2.75, 3.05) is 6.61 Å². The van der Waals surface area contributed by atoms with Crippen molar-refractivity contribution >= 4 is 45.3 Å². The van der Waals surface area contributed by atoms with Crippen molar-refractivity contribution in [3.05, 3.63) is 94.1 Å². The standard InChI is InChI=1S/C29H25IN4OS/c30-22-11-6-8-20(16-22)19-36-29-33-32-28(34(29)18-23-12-7-15-35-23)25-17-27(21-9-2-1-3-10-21)31-26-14-5-4-13-24(25)26/h1-6,8-11,13-14,16-17,23H,7,12,15,18-19H2. The first-order valence-corrected chi connectivity index (χ1v) is 14.2. The lowest BCUT2D eigenvalue weighted by atomic mass is 10.0. The van der Waals surface area contributed by atoms with Gasteiger partial charge in [-0.25, -0.2) is 4.98 Å². The van der Waals surface area contributed by atoms with Crippen LogP contribution < -0.4 is 0 Å². The lowest BCUT2D eigenvalue weighted by Gasteiger charge is -2.16. The van der Waals surface area contributed by atoms with Crippen LogP contribution in [0.25, 0.3) is 33.5 Å². The number of pyridine rings is 1. The fourth-order valence-corrected chi connectivity index (χ4v) is 6.14. The molecule has 1 atom stereocenters. The number of fused-ring (bicyclic) bond motifs is 1. The maximum atomic E-state index is 6.03. The van der Waals surface area contributed by atoms with Crippen LogP contribution in [0.5, 0.6) is 0 Å². The molecule has 0 N–H and O–H groups in total. The first kappa shape index (κ1) is 23.6. The second kappa shape index (κ2) is 10.7. The smallest absolute Gasteiger partial charge is 0.191 e. The number of halogens is 1. The number of para-hydroxylation sites is 1. The Bertz CT molecular complexity index is 1500. The van der Waals surface area contributed by atoms with Crippen LogP contribution in [0.2, 0.25) is 0 Å².